The first-order chi connectivity index (χ1) is 10.1. The smallest absolute Gasteiger partial charge is 0.311 e. The molecule has 1 aliphatic heterocycles. The number of carbonyl (C=O) groups is 1. The Morgan fingerprint density at radius 2 is 2.00 bits per heavy atom. The van der Waals surface area contributed by atoms with Crippen molar-refractivity contribution < 1.29 is 13.6 Å². The summed E-state index contributed by atoms with van der Waals surface area (Å²) in [6.07, 6.45) is 1.94. The molecule has 0 saturated carbocycles. The molecule has 1 saturated heterocycles. The third-order valence-corrected chi connectivity index (χ3v) is 3.78. The Morgan fingerprint density at radius 1 is 1.29 bits per heavy atom. The minimum Gasteiger partial charge on any atom is -0.412 e. The highest BCUT2D eigenvalue weighted by Crippen LogP contribution is 2.22. The number of hydrogen-bond acceptors (Lipinski definition) is 4. The number of carbonyl (C=O) groups excluding carboxylic acids is 1. The minimum absolute atomic E-state index is 0.0295. The van der Waals surface area contributed by atoms with E-state index >= 15 is 0 Å². The van der Waals surface area contributed by atoms with Crippen molar-refractivity contribution in [1.29, 1.82) is 0 Å². The Balaban J connectivity index is 1.79. The zero-order chi connectivity index (χ0) is 14.8. The summed E-state index contributed by atoms with van der Waals surface area (Å²) >= 11 is 0. The van der Waals surface area contributed by atoms with E-state index < -0.39 is 5.82 Å². The summed E-state index contributed by atoms with van der Waals surface area (Å²) in [5.74, 6) is -0.153. The van der Waals surface area contributed by atoms with E-state index in [2.05, 4.69) is 17.1 Å². The van der Waals surface area contributed by atoms with Gasteiger partial charge in [-0.05, 0) is 30.9 Å². The van der Waals surface area contributed by atoms with Crippen LogP contribution < -0.4 is 0 Å². The normalized spacial score (nSPS) is 16.2. The predicted octanol–water partition coefficient (Wildman–Crippen LogP) is 2.75. The van der Waals surface area contributed by atoms with Gasteiger partial charge in [0.1, 0.15) is 5.82 Å². The Labute approximate surface area is 121 Å². The van der Waals surface area contributed by atoms with E-state index in [1.54, 1.807) is 23.1 Å². The predicted molar refractivity (Wildman–Crippen MR) is 74.0 cm³/mol. The Morgan fingerprint density at radius 3 is 2.71 bits per heavy atom. The Hall–Kier alpha value is -2.24. The van der Waals surface area contributed by atoms with Crippen LogP contribution in [0.4, 0.5) is 4.39 Å². The number of rotatable bonds is 2. The summed E-state index contributed by atoms with van der Waals surface area (Å²) in [6, 6.07) is 6.11. The number of hydrogen-bond donors (Lipinski definition) is 0. The van der Waals surface area contributed by atoms with E-state index in [0.29, 0.717) is 19.0 Å². The molecule has 1 aromatic heterocycles. The summed E-state index contributed by atoms with van der Waals surface area (Å²) in [6.45, 7) is 3.56. The summed E-state index contributed by atoms with van der Waals surface area (Å²) in [5.41, 5.74) is 0.205. The van der Waals surface area contributed by atoms with Gasteiger partial charge in [0.15, 0.2) is 0 Å². The van der Waals surface area contributed by atoms with Crippen LogP contribution in [-0.4, -0.2) is 34.1 Å². The number of halogens is 1. The number of amides is 1. The lowest BCUT2D eigenvalue weighted by Gasteiger charge is -2.29. The van der Waals surface area contributed by atoms with Crippen LogP contribution >= 0.6 is 0 Å². The third-order valence-electron chi connectivity index (χ3n) is 3.78. The molecule has 0 aliphatic carbocycles. The molecule has 2 heterocycles. The van der Waals surface area contributed by atoms with Gasteiger partial charge in [0.2, 0.25) is 0 Å². The highest BCUT2D eigenvalue weighted by Gasteiger charge is 2.26. The van der Waals surface area contributed by atoms with Crippen LogP contribution in [0.1, 0.15) is 30.5 Å². The Bertz CT molecular complexity index is 648. The zero-order valence-electron chi connectivity index (χ0n) is 11.8. The molecule has 1 amide bonds. The molecule has 0 unspecified atom stereocenters. The van der Waals surface area contributed by atoms with Crippen LogP contribution in [0, 0.1) is 11.7 Å². The highest BCUT2D eigenvalue weighted by atomic mass is 19.1. The fraction of sp³-hybridized carbons (Fsp3) is 0.400. The topological polar surface area (TPSA) is 59.2 Å². The SMILES string of the molecule is CC1CCN(C(=O)c2nnc(-c3ccccc3F)o2)CC1. The molecular formula is C15H16FN3O2. The summed E-state index contributed by atoms with van der Waals surface area (Å²) in [4.78, 5) is 14.0. The van der Waals surface area contributed by atoms with Crippen molar-refractivity contribution in [2.75, 3.05) is 13.1 Å². The summed E-state index contributed by atoms with van der Waals surface area (Å²) in [7, 11) is 0. The van der Waals surface area contributed by atoms with E-state index in [4.69, 9.17) is 4.42 Å². The number of nitrogens with zero attached hydrogens (tertiary/aromatic N) is 3. The van der Waals surface area contributed by atoms with Gasteiger partial charge in [-0.3, -0.25) is 4.79 Å². The largest absolute Gasteiger partial charge is 0.412 e. The molecule has 0 bridgehead atoms. The fourth-order valence-electron chi connectivity index (χ4n) is 2.40. The first kappa shape index (κ1) is 13.7. The van der Waals surface area contributed by atoms with Crippen molar-refractivity contribution in [3.05, 3.63) is 36.0 Å². The standard InChI is InChI=1S/C15H16FN3O2/c1-10-6-8-19(9-7-10)15(20)14-18-17-13(21-14)11-4-2-3-5-12(11)16/h2-5,10H,6-9H2,1H3. The van der Waals surface area contributed by atoms with Crippen molar-refractivity contribution in [2.45, 2.75) is 19.8 Å². The molecule has 2 aromatic rings. The maximum Gasteiger partial charge on any atom is 0.311 e. The van der Waals surface area contributed by atoms with E-state index in [1.165, 1.54) is 6.07 Å². The molecule has 0 radical (unpaired) electrons. The van der Waals surface area contributed by atoms with Gasteiger partial charge in [-0.1, -0.05) is 19.1 Å². The molecule has 0 spiro atoms. The highest BCUT2D eigenvalue weighted by molar-refractivity contribution is 5.89. The molecule has 0 atom stereocenters. The minimum atomic E-state index is -0.452. The lowest BCUT2D eigenvalue weighted by atomic mass is 9.99. The number of benzene rings is 1. The van der Waals surface area contributed by atoms with E-state index in [0.717, 1.165) is 12.8 Å². The van der Waals surface area contributed by atoms with Gasteiger partial charge >= 0.3 is 11.8 Å². The molecule has 0 N–H and O–H groups in total. The monoisotopic (exact) mass is 289 g/mol. The van der Waals surface area contributed by atoms with Crippen molar-refractivity contribution in [3.63, 3.8) is 0 Å². The maximum absolute atomic E-state index is 13.7. The fourth-order valence-corrected chi connectivity index (χ4v) is 2.40. The lowest BCUT2D eigenvalue weighted by molar-refractivity contribution is 0.0657. The van der Waals surface area contributed by atoms with Crippen molar-refractivity contribution in [1.82, 2.24) is 15.1 Å². The molecule has 5 nitrogen and oxygen atoms in total. The summed E-state index contributed by atoms with van der Waals surface area (Å²) < 4.78 is 19.0. The average Bonchev–Trinajstić information content (AvgIpc) is 2.97. The molecule has 21 heavy (non-hydrogen) atoms. The quantitative estimate of drug-likeness (QED) is 0.853. The third kappa shape index (κ3) is 2.79. The first-order valence-corrected chi connectivity index (χ1v) is 7.03. The van der Waals surface area contributed by atoms with Gasteiger partial charge in [0, 0.05) is 13.1 Å². The molecule has 6 heteroatoms. The van der Waals surface area contributed by atoms with Crippen molar-refractivity contribution >= 4 is 5.91 Å². The van der Waals surface area contributed by atoms with Gasteiger partial charge in [-0.2, -0.15) is 0 Å². The van der Waals surface area contributed by atoms with Crippen LogP contribution in [0.25, 0.3) is 11.5 Å². The van der Waals surface area contributed by atoms with Crippen LogP contribution in [-0.2, 0) is 0 Å². The second kappa shape index (κ2) is 5.63. The number of piperidine rings is 1. The lowest BCUT2D eigenvalue weighted by Crippen LogP contribution is -2.38. The van der Waals surface area contributed by atoms with E-state index in [9.17, 15) is 9.18 Å². The van der Waals surface area contributed by atoms with Crippen molar-refractivity contribution in [2.24, 2.45) is 5.92 Å². The van der Waals surface area contributed by atoms with Gasteiger partial charge in [0.05, 0.1) is 5.56 Å². The molecule has 1 aliphatic rings. The average molecular weight is 289 g/mol. The Kier molecular flexibility index (Phi) is 3.68. The van der Waals surface area contributed by atoms with Crippen LogP contribution in [0.5, 0.6) is 0 Å². The zero-order valence-corrected chi connectivity index (χ0v) is 11.8. The number of aromatic nitrogens is 2. The molecule has 3 rings (SSSR count). The molecule has 1 fully saturated rings. The van der Waals surface area contributed by atoms with Crippen LogP contribution in [0.2, 0.25) is 0 Å². The van der Waals surface area contributed by atoms with Crippen LogP contribution in [0.15, 0.2) is 28.7 Å². The first-order valence-electron chi connectivity index (χ1n) is 7.03. The number of likely N-dealkylation sites (tertiary alicyclic amines) is 1. The van der Waals surface area contributed by atoms with Crippen LogP contribution in [0.3, 0.4) is 0 Å². The van der Waals surface area contributed by atoms with Gasteiger partial charge in [-0.25, -0.2) is 4.39 Å². The van der Waals surface area contributed by atoms with Gasteiger partial charge in [-0.15, -0.1) is 10.2 Å². The van der Waals surface area contributed by atoms with E-state index in [1.807, 2.05) is 0 Å². The molecular weight excluding hydrogens is 273 g/mol. The van der Waals surface area contributed by atoms with Gasteiger partial charge < -0.3 is 9.32 Å². The second-order valence-corrected chi connectivity index (χ2v) is 5.37. The summed E-state index contributed by atoms with van der Waals surface area (Å²) in [5, 5.41) is 7.53. The maximum atomic E-state index is 13.7. The van der Waals surface area contributed by atoms with E-state index in [-0.39, 0.29) is 23.3 Å². The molecule has 1 aromatic carbocycles. The molecule has 110 valence electrons. The second-order valence-electron chi connectivity index (χ2n) is 5.37. The van der Waals surface area contributed by atoms with Gasteiger partial charge in [0.25, 0.3) is 5.89 Å². The van der Waals surface area contributed by atoms with Crippen molar-refractivity contribution in [3.8, 4) is 11.5 Å².